The standard InChI is InChI=1S/C9H11N3O6/c1-11-4-5(12(17)18)2-6(11)8(14)10-3-7(13)9(15)16/h2,4,7,13H,3H2,1H3,(H,10,14)(H,15,16)/t7-/m0/s1. The molecule has 0 fully saturated rings. The molecular formula is C9H11N3O6. The highest BCUT2D eigenvalue weighted by atomic mass is 16.6. The van der Waals surface area contributed by atoms with Crippen LogP contribution in [0.25, 0.3) is 0 Å². The second kappa shape index (κ2) is 5.27. The van der Waals surface area contributed by atoms with Crippen LogP contribution in [0.5, 0.6) is 0 Å². The lowest BCUT2D eigenvalue weighted by atomic mass is 10.3. The van der Waals surface area contributed by atoms with E-state index in [1.165, 1.54) is 11.6 Å². The Morgan fingerprint density at radius 1 is 1.61 bits per heavy atom. The Morgan fingerprint density at radius 3 is 2.67 bits per heavy atom. The predicted octanol–water partition coefficient (Wildman–Crippen LogP) is -0.891. The molecule has 0 saturated heterocycles. The van der Waals surface area contributed by atoms with Crippen LogP contribution < -0.4 is 5.32 Å². The summed E-state index contributed by atoms with van der Waals surface area (Å²) in [7, 11) is 1.44. The molecule has 0 bridgehead atoms. The van der Waals surface area contributed by atoms with Crippen LogP contribution in [0, 0.1) is 10.1 Å². The molecule has 98 valence electrons. The van der Waals surface area contributed by atoms with Crippen molar-refractivity contribution in [2.75, 3.05) is 6.54 Å². The van der Waals surface area contributed by atoms with Crippen molar-refractivity contribution in [2.24, 2.45) is 7.05 Å². The largest absolute Gasteiger partial charge is 0.479 e. The average Bonchev–Trinajstić information content (AvgIpc) is 2.67. The van der Waals surface area contributed by atoms with Gasteiger partial charge in [-0.05, 0) is 0 Å². The Kier molecular flexibility index (Phi) is 4.00. The summed E-state index contributed by atoms with van der Waals surface area (Å²) in [5.74, 6) is -2.17. The van der Waals surface area contributed by atoms with Crippen LogP contribution in [0.1, 0.15) is 10.5 Å². The molecule has 1 amide bonds. The maximum absolute atomic E-state index is 11.6. The highest BCUT2D eigenvalue weighted by Gasteiger charge is 2.19. The molecule has 3 N–H and O–H groups in total. The third-order valence-corrected chi connectivity index (χ3v) is 2.17. The Balaban J connectivity index is 2.73. The summed E-state index contributed by atoms with van der Waals surface area (Å²) in [6, 6.07) is 1.06. The first kappa shape index (κ1) is 13.6. The number of aliphatic carboxylic acids is 1. The van der Waals surface area contributed by atoms with Crippen molar-refractivity contribution in [2.45, 2.75) is 6.10 Å². The molecule has 0 radical (unpaired) electrons. The van der Waals surface area contributed by atoms with E-state index in [4.69, 9.17) is 10.2 Å². The minimum Gasteiger partial charge on any atom is -0.479 e. The number of nitrogens with one attached hydrogen (secondary N) is 1. The number of aryl methyl sites for hydroxylation is 1. The first-order chi connectivity index (χ1) is 8.32. The molecular weight excluding hydrogens is 246 g/mol. The van der Waals surface area contributed by atoms with Gasteiger partial charge in [-0.2, -0.15) is 0 Å². The van der Waals surface area contributed by atoms with Crippen LogP contribution in [0.15, 0.2) is 12.3 Å². The number of nitrogens with zero attached hydrogens (tertiary/aromatic N) is 2. The number of aliphatic hydroxyl groups excluding tert-OH is 1. The Morgan fingerprint density at radius 2 is 2.22 bits per heavy atom. The third-order valence-electron chi connectivity index (χ3n) is 2.17. The van der Waals surface area contributed by atoms with Gasteiger partial charge in [0.1, 0.15) is 5.69 Å². The zero-order chi connectivity index (χ0) is 13.9. The fourth-order valence-corrected chi connectivity index (χ4v) is 1.24. The number of carboxylic acid groups (broad SMARTS) is 1. The molecule has 0 saturated carbocycles. The van der Waals surface area contributed by atoms with Crippen LogP contribution in [-0.2, 0) is 11.8 Å². The van der Waals surface area contributed by atoms with Crippen LogP contribution in [0.2, 0.25) is 0 Å². The van der Waals surface area contributed by atoms with Crippen LogP contribution >= 0.6 is 0 Å². The van der Waals surface area contributed by atoms with Crippen molar-refractivity contribution < 1.29 is 24.7 Å². The minimum atomic E-state index is -1.72. The predicted molar refractivity (Wildman–Crippen MR) is 58.0 cm³/mol. The number of aliphatic hydroxyl groups is 1. The first-order valence-electron chi connectivity index (χ1n) is 4.82. The lowest BCUT2D eigenvalue weighted by molar-refractivity contribution is -0.384. The maximum Gasteiger partial charge on any atom is 0.334 e. The molecule has 1 heterocycles. The van der Waals surface area contributed by atoms with Gasteiger partial charge in [0.2, 0.25) is 0 Å². The van der Waals surface area contributed by atoms with E-state index >= 15 is 0 Å². The van der Waals surface area contributed by atoms with Gasteiger partial charge >= 0.3 is 5.97 Å². The van der Waals surface area contributed by atoms with Gasteiger partial charge in [-0.15, -0.1) is 0 Å². The molecule has 0 aliphatic rings. The smallest absolute Gasteiger partial charge is 0.334 e. The van der Waals surface area contributed by atoms with E-state index < -0.39 is 29.4 Å². The normalized spacial score (nSPS) is 11.9. The Bertz CT molecular complexity index is 494. The highest BCUT2D eigenvalue weighted by Crippen LogP contribution is 2.14. The molecule has 1 aromatic rings. The van der Waals surface area contributed by atoms with Crippen molar-refractivity contribution >= 4 is 17.6 Å². The summed E-state index contributed by atoms with van der Waals surface area (Å²) in [5, 5.41) is 30.0. The van der Waals surface area contributed by atoms with E-state index in [2.05, 4.69) is 5.32 Å². The summed E-state index contributed by atoms with van der Waals surface area (Å²) >= 11 is 0. The number of rotatable bonds is 5. The Hall–Kier alpha value is -2.42. The second-order valence-electron chi connectivity index (χ2n) is 3.52. The summed E-state index contributed by atoms with van der Waals surface area (Å²) in [6.07, 6.45) is -0.563. The van der Waals surface area contributed by atoms with Crippen LogP contribution in [0.4, 0.5) is 5.69 Å². The topological polar surface area (TPSA) is 135 Å². The SMILES string of the molecule is Cn1cc([N+](=O)[O-])cc1C(=O)NC[C@H](O)C(=O)O. The van der Waals surface area contributed by atoms with Crippen LogP contribution in [-0.4, -0.2) is 44.2 Å². The van der Waals surface area contributed by atoms with E-state index in [0.29, 0.717) is 0 Å². The van der Waals surface area contributed by atoms with Gasteiger partial charge in [0, 0.05) is 13.1 Å². The van der Waals surface area contributed by atoms with Gasteiger partial charge in [-0.1, -0.05) is 0 Å². The van der Waals surface area contributed by atoms with E-state index in [9.17, 15) is 19.7 Å². The highest BCUT2D eigenvalue weighted by molar-refractivity contribution is 5.93. The molecule has 0 spiro atoms. The summed E-state index contributed by atoms with van der Waals surface area (Å²) in [6.45, 7) is -0.479. The molecule has 9 heteroatoms. The first-order valence-corrected chi connectivity index (χ1v) is 4.82. The lowest BCUT2D eigenvalue weighted by Crippen LogP contribution is -2.37. The van der Waals surface area contributed by atoms with E-state index in [1.54, 1.807) is 0 Å². The molecule has 9 nitrogen and oxygen atoms in total. The molecule has 0 unspecified atom stereocenters. The summed E-state index contributed by atoms with van der Waals surface area (Å²) in [4.78, 5) is 31.7. The second-order valence-corrected chi connectivity index (χ2v) is 3.52. The van der Waals surface area contributed by atoms with Gasteiger partial charge in [0.15, 0.2) is 6.10 Å². The third kappa shape index (κ3) is 3.04. The fraction of sp³-hybridized carbons (Fsp3) is 0.333. The molecule has 1 aromatic heterocycles. The van der Waals surface area contributed by atoms with Gasteiger partial charge in [0.05, 0.1) is 17.7 Å². The lowest BCUT2D eigenvalue weighted by Gasteiger charge is -2.07. The minimum absolute atomic E-state index is 0.000659. The number of hydrogen-bond donors (Lipinski definition) is 3. The van der Waals surface area contributed by atoms with Gasteiger partial charge in [0.25, 0.3) is 11.6 Å². The molecule has 0 aromatic carbocycles. The molecule has 0 aliphatic carbocycles. The summed E-state index contributed by atoms with van der Waals surface area (Å²) < 4.78 is 1.24. The molecule has 0 aliphatic heterocycles. The van der Waals surface area contributed by atoms with E-state index in [1.807, 2.05) is 0 Å². The van der Waals surface area contributed by atoms with Gasteiger partial charge in [-0.25, -0.2) is 4.79 Å². The molecule has 18 heavy (non-hydrogen) atoms. The number of carbonyl (C=O) groups is 2. The van der Waals surface area contributed by atoms with E-state index in [0.717, 1.165) is 12.3 Å². The monoisotopic (exact) mass is 257 g/mol. The van der Waals surface area contributed by atoms with Crippen molar-refractivity contribution in [1.29, 1.82) is 0 Å². The summed E-state index contributed by atoms with van der Waals surface area (Å²) in [5.41, 5.74) is -0.249. The van der Waals surface area contributed by atoms with Crippen molar-refractivity contribution in [1.82, 2.24) is 9.88 Å². The number of carboxylic acids is 1. The average molecular weight is 257 g/mol. The number of aromatic nitrogens is 1. The number of nitro groups is 1. The van der Waals surface area contributed by atoms with Crippen molar-refractivity contribution in [3.8, 4) is 0 Å². The number of carbonyl (C=O) groups excluding carboxylic acids is 1. The Labute approximate surface area is 101 Å². The fourth-order valence-electron chi connectivity index (χ4n) is 1.24. The number of amides is 1. The van der Waals surface area contributed by atoms with E-state index in [-0.39, 0.29) is 11.4 Å². The zero-order valence-corrected chi connectivity index (χ0v) is 9.36. The van der Waals surface area contributed by atoms with Gasteiger partial charge in [-0.3, -0.25) is 14.9 Å². The van der Waals surface area contributed by atoms with Gasteiger partial charge < -0.3 is 20.1 Å². The maximum atomic E-state index is 11.6. The molecule has 1 atom stereocenters. The van der Waals surface area contributed by atoms with Crippen molar-refractivity contribution in [3.63, 3.8) is 0 Å². The van der Waals surface area contributed by atoms with Crippen molar-refractivity contribution in [3.05, 3.63) is 28.1 Å². The quantitative estimate of drug-likeness (QED) is 0.462. The molecule has 1 rings (SSSR count). The number of hydrogen-bond acceptors (Lipinski definition) is 5. The zero-order valence-electron chi connectivity index (χ0n) is 9.36. The van der Waals surface area contributed by atoms with Crippen LogP contribution in [0.3, 0.4) is 0 Å².